The van der Waals surface area contributed by atoms with Gasteiger partial charge in [-0.2, -0.15) is 0 Å². The molecular weight excluding hydrogens is 176 g/mol. The molecule has 2 heterocycles. The number of hydrogen-bond acceptors (Lipinski definition) is 4. The Bertz CT molecular complexity index is 454. The van der Waals surface area contributed by atoms with Crippen LogP contribution in [0.1, 0.15) is 26.5 Å². The Labute approximate surface area is 82.5 Å². The summed E-state index contributed by atoms with van der Waals surface area (Å²) in [6.45, 7) is 6.32. The second kappa shape index (κ2) is 2.97. The summed E-state index contributed by atoms with van der Waals surface area (Å²) in [7, 11) is 0. The molecule has 0 radical (unpaired) electrons. The summed E-state index contributed by atoms with van der Waals surface area (Å²) < 4.78 is 0. The van der Waals surface area contributed by atoms with Gasteiger partial charge in [-0.15, -0.1) is 0 Å². The third-order valence-corrected chi connectivity index (χ3v) is 2.01. The van der Waals surface area contributed by atoms with Crippen LogP contribution in [0, 0.1) is 0 Å². The highest BCUT2D eigenvalue weighted by Gasteiger charge is 2.19. The normalized spacial score (nSPS) is 11.9. The standard InChI is InChI=1S/C10H12N4/c1-10(2,3)9-8-7(12-6-14-9)4-11-5-13-8/h4-6H,1-3H3. The van der Waals surface area contributed by atoms with Crippen LogP contribution >= 0.6 is 0 Å². The van der Waals surface area contributed by atoms with Crippen molar-refractivity contribution >= 4 is 11.0 Å². The lowest BCUT2D eigenvalue weighted by Gasteiger charge is -2.17. The highest BCUT2D eigenvalue weighted by atomic mass is 14.9. The molecule has 0 spiro atoms. The molecule has 14 heavy (non-hydrogen) atoms. The predicted octanol–water partition coefficient (Wildman–Crippen LogP) is 1.72. The first kappa shape index (κ1) is 8.99. The molecule has 2 rings (SSSR count). The summed E-state index contributed by atoms with van der Waals surface area (Å²) in [5, 5.41) is 0. The Kier molecular flexibility index (Phi) is 1.91. The summed E-state index contributed by atoms with van der Waals surface area (Å²) in [5.74, 6) is 0. The molecular formula is C10H12N4. The van der Waals surface area contributed by atoms with Crippen LogP contribution in [0.2, 0.25) is 0 Å². The van der Waals surface area contributed by atoms with E-state index >= 15 is 0 Å². The smallest absolute Gasteiger partial charge is 0.116 e. The zero-order chi connectivity index (χ0) is 10.2. The lowest BCUT2D eigenvalue weighted by atomic mass is 9.91. The van der Waals surface area contributed by atoms with Crippen molar-refractivity contribution in [3.63, 3.8) is 0 Å². The van der Waals surface area contributed by atoms with Crippen LogP contribution in [-0.4, -0.2) is 19.9 Å². The van der Waals surface area contributed by atoms with Crippen LogP contribution < -0.4 is 0 Å². The zero-order valence-electron chi connectivity index (χ0n) is 8.52. The van der Waals surface area contributed by atoms with Gasteiger partial charge in [0.25, 0.3) is 0 Å². The largest absolute Gasteiger partial charge is 0.243 e. The van der Waals surface area contributed by atoms with Gasteiger partial charge in [0.2, 0.25) is 0 Å². The summed E-state index contributed by atoms with van der Waals surface area (Å²) in [5.41, 5.74) is 2.59. The number of fused-ring (bicyclic) bond motifs is 1. The first-order valence-electron chi connectivity index (χ1n) is 4.50. The second-order valence-corrected chi connectivity index (χ2v) is 4.23. The Morgan fingerprint density at radius 1 is 1.00 bits per heavy atom. The van der Waals surface area contributed by atoms with Crippen molar-refractivity contribution in [2.45, 2.75) is 26.2 Å². The van der Waals surface area contributed by atoms with Gasteiger partial charge in [-0.05, 0) is 0 Å². The summed E-state index contributed by atoms with van der Waals surface area (Å²) in [6.07, 6.45) is 4.80. The van der Waals surface area contributed by atoms with E-state index in [1.165, 1.54) is 6.33 Å². The number of rotatable bonds is 0. The van der Waals surface area contributed by atoms with Gasteiger partial charge in [0.05, 0.1) is 11.9 Å². The molecule has 0 atom stereocenters. The van der Waals surface area contributed by atoms with Crippen LogP contribution in [0.15, 0.2) is 18.9 Å². The zero-order valence-corrected chi connectivity index (χ0v) is 8.52. The maximum absolute atomic E-state index is 4.28. The molecule has 72 valence electrons. The van der Waals surface area contributed by atoms with Gasteiger partial charge in [-0.3, -0.25) is 0 Å². The van der Waals surface area contributed by atoms with E-state index in [1.807, 2.05) is 0 Å². The minimum atomic E-state index is -0.0183. The van der Waals surface area contributed by atoms with Gasteiger partial charge in [0.1, 0.15) is 23.7 Å². The summed E-state index contributed by atoms with van der Waals surface area (Å²) in [6, 6.07) is 0. The molecule has 0 aliphatic carbocycles. The molecule has 0 amide bonds. The van der Waals surface area contributed by atoms with Crippen molar-refractivity contribution in [1.29, 1.82) is 0 Å². The van der Waals surface area contributed by atoms with E-state index in [-0.39, 0.29) is 5.41 Å². The first-order valence-corrected chi connectivity index (χ1v) is 4.50. The van der Waals surface area contributed by atoms with Crippen molar-refractivity contribution in [2.24, 2.45) is 0 Å². The molecule has 0 fully saturated rings. The monoisotopic (exact) mass is 188 g/mol. The molecule has 4 heteroatoms. The van der Waals surface area contributed by atoms with Crippen LogP contribution in [0.4, 0.5) is 0 Å². The van der Waals surface area contributed by atoms with Gasteiger partial charge in [0.15, 0.2) is 0 Å². The van der Waals surface area contributed by atoms with E-state index in [0.29, 0.717) is 0 Å². The highest BCUT2D eigenvalue weighted by Crippen LogP contribution is 2.24. The van der Waals surface area contributed by atoms with Crippen molar-refractivity contribution < 1.29 is 0 Å². The van der Waals surface area contributed by atoms with Crippen LogP contribution in [0.5, 0.6) is 0 Å². The quantitative estimate of drug-likeness (QED) is 0.631. The molecule has 2 aromatic rings. The van der Waals surface area contributed by atoms with E-state index in [9.17, 15) is 0 Å². The first-order chi connectivity index (χ1) is 6.59. The van der Waals surface area contributed by atoms with E-state index < -0.39 is 0 Å². The molecule has 0 N–H and O–H groups in total. The molecule has 0 aliphatic rings. The van der Waals surface area contributed by atoms with Crippen LogP contribution in [0.25, 0.3) is 11.0 Å². The van der Waals surface area contributed by atoms with Crippen molar-refractivity contribution in [3.05, 3.63) is 24.5 Å². The molecule has 0 aliphatic heterocycles. The van der Waals surface area contributed by atoms with Gasteiger partial charge in [-0.25, -0.2) is 19.9 Å². The molecule has 0 aromatic carbocycles. The fourth-order valence-corrected chi connectivity index (χ4v) is 1.36. The lowest BCUT2D eigenvalue weighted by molar-refractivity contribution is 0.572. The molecule has 4 nitrogen and oxygen atoms in total. The second-order valence-electron chi connectivity index (χ2n) is 4.23. The molecule has 0 bridgehead atoms. The SMILES string of the molecule is CC(C)(C)c1ncnc2cncnc12. The highest BCUT2D eigenvalue weighted by molar-refractivity contribution is 5.75. The molecule has 0 unspecified atom stereocenters. The number of aromatic nitrogens is 4. The minimum Gasteiger partial charge on any atom is -0.243 e. The van der Waals surface area contributed by atoms with E-state index in [2.05, 4.69) is 40.7 Å². The number of hydrogen-bond donors (Lipinski definition) is 0. The van der Waals surface area contributed by atoms with Gasteiger partial charge < -0.3 is 0 Å². The average molecular weight is 188 g/mol. The van der Waals surface area contributed by atoms with Crippen molar-refractivity contribution in [1.82, 2.24) is 19.9 Å². The average Bonchev–Trinajstić information content (AvgIpc) is 2.15. The third-order valence-electron chi connectivity index (χ3n) is 2.01. The topological polar surface area (TPSA) is 51.6 Å². The van der Waals surface area contributed by atoms with Crippen LogP contribution in [-0.2, 0) is 5.41 Å². The fourth-order valence-electron chi connectivity index (χ4n) is 1.36. The Morgan fingerprint density at radius 3 is 2.50 bits per heavy atom. The molecule has 0 saturated carbocycles. The maximum Gasteiger partial charge on any atom is 0.116 e. The lowest BCUT2D eigenvalue weighted by Crippen LogP contribution is -2.15. The predicted molar refractivity (Wildman–Crippen MR) is 53.8 cm³/mol. The van der Waals surface area contributed by atoms with Crippen LogP contribution in [0.3, 0.4) is 0 Å². The van der Waals surface area contributed by atoms with E-state index in [4.69, 9.17) is 0 Å². The van der Waals surface area contributed by atoms with Gasteiger partial charge in [0, 0.05) is 5.41 Å². The number of nitrogens with zero attached hydrogens (tertiary/aromatic N) is 4. The van der Waals surface area contributed by atoms with E-state index in [0.717, 1.165) is 16.7 Å². The van der Waals surface area contributed by atoms with Crippen molar-refractivity contribution in [2.75, 3.05) is 0 Å². The fraction of sp³-hybridized carbons (Fsp3) is 0.400. The Morgan fingerprint density at radius 2 is 1.79 bits per heavy atom. The summed E-state index contributed by atoms with van der Waals surface area (Å²) in [4.78, 5) is 16.5. The van der Waals surface area contributed by atoms with E-state index in [1.54, 1.807) is 12.5 Å². The molecule has 2 aromatic heterocycles. The Hall–Kier alpha value is -1.58. The molecule has 0 saturated heterocycles. The van der Waals surface area contributed by atoms with Gasteiger partial charge in [-0.1, -0.05) is 20.8 Å². The van der Waals surface area contributed by atoms with Crippen molar-refractivity contribution in [3.8, 4) is 0 Å². The van der Waals surface area contributed by atoms with Gasteiger partial charge >= 0.3 is 0 Å². The summed E-state index contributed by atoms with van der Waals surface area (Å²) >= 11 is 0. The third kappa shape index (κ3) is 1.43. The minimum absolute atomic E-state index is 0.0183. The Balaban J connectivity index is 2.78. The maximum atomic E-state index is 4.28.